The topological polar surface area (TPSA) is 46.7 Å². The number of para-hydroxylation sites is 1. The molecular formula is C23H18FN3O. The number of azo groups is 1. The molecule has 0 amide bonds. The number of carbonyl (C=O) groups excluding carboxylic acids is 1. The van der Waals surface area contributed by atoms with Crippen molar-refractivity contribution in [3.63, 3.8) is 0 Å². The van der Waals surface area contributed by atoms with Crippen LogP contribution in [0.3, 0.4) is 0 Å². The number of hydrogen-bond acceptors (Lipinski definition) is 3. The summed E-state index contributed by atoms with van der Waals surface area (Å²) < 4.78 is 15.1. The number of hydrogen-bond donors (Lipinski definition) is 0. The highest BCUT2D eigenvalue weighted by molar-refractivity contribution is 6.15. The highest BCUT2D eigenvalue weighted by Gasteiger charge is 2.22. The van der Waals surface area contributed by atoms with Crippen LogP contribution in [0.2, 0.25) is 0 Å². The molecule has 1 aromatic heterocycles. The van der Waals surface area contributed by atoms with Gasteiger partial charge >= 0.3 is 0 Å². The van der Waals surface area contributed by atoms with Crippen molar-refractivity contribution < 1.29 is 9.18 Å². The first-order chi connectivity index (χ1) is 13.5. The third-order valence-corrected chi connectivity index (χ3v) is 4.70. The maximum Gasteiger partial charge on any atom is 0.211 e. The van der Waals surface area contributed by atoms with Gasteiger partial charge in [-0.05, 0) is 49.4 Å². The molecule has 4 aromatic rings. The molecule has 0 aliphatic rings. The van der Waals surface area contributed by atoms with E-state index in [0.717, 1.165) is 16.5 Å². The monoisotopic (exact) mass is 371 g/mol. The number of fused-ring (bicyclic) bond motifs is 1. The lowest BCUT2D eigenvalue weighted by molar-refractivity contribution is 0.103. The fourth-order valence-electron chi connectivity index (χ4n) is 3.19. The zero-order valence-electron chi connectivity index (χ0n) is 15.6. The molecule has 0 saturated heterocycles. The first-order valence-corrected chi connectivity index (χ1v) is 8.90. The molecule has 4 rings (SSSR count). The lowest BCUT2D eigenvalue weighted by atomic mass is 10.1. The van der Waals surface area contributed by atoms with Gasteiger partial charge in [0.15, 0.2) is 0 Å². The van der Waals surface area contributed by atoms with E-state index >= 15 is 0 Å². The van der Waals surface area contributed by atoms with Gasteiger partial charge in [-0.15, -0.1) is 5.11 Å². The van der Waals surface area contributed by atoms with Gasteiger partial charge in [0.05, 0.1) is 11.2 Å². The predicted molar refractivity (Wildman–Crippen MR) is 108 cm³/mol. The van der Waals surface area contributed by atoms with Gasteiger partial charge in [-0.3, -0.25) is 4.79 Å². The third-order valence-electron chi connectivity index (χ3n) is 4.70. The Kier molecular flexibility index (Phi) is 4.57. The van der Waals surface area contributed by atoms with E-state index in [-0.39, 0.29) is 11.6 Å². The first kappa shape index (κ1) is 17.8. The molecule has 3 aromatic carbocycles. The van der Waals surface area contributed by atoms with Crippen LogP contribution in [0.25, 0.3) is 10.9 Å². The van der Waals surface area contributed by atoms with E-state index in [4.69, 9.17) is 0 Å². The predicted octanol–water partition coefficient (Wildman–Crippen LogP) is 6.27. The van der Waals surface area contributed by atoms with E-state index in [1.54, 1.807) is 0 Å². The largest absolute Gasteiger partial charge is 0.339 e. The van der Waals surface area contributed by atoms with Gasteiger partial charge in [0.2, 0.25) is 5.78 Å². The molecule has 0 atom stereocenters. The number of carbonyl (C=O) groups is 1. The molecule has 0 radical (unpaired) electrons. The lowest BCUT2D eigenvalue weighted by Crippen LogP contribution is -2.07. The number of halogens is 1. The second kappa shape index (κ2) is 7.19. The molecular weight excluding hydrogens is 353 g/mol. The van der Waals surface area contributed by atoms with Crippen molar-refractivity contribution in [1.29, 1.82) is 0 Å². The van der Waals surface area contributed by atoms with Crippen LogP contribution in [0.4, 0.5) is 15.8 Å². The number of aryl methyl sites for hydroxylation is 2. The molecule has 1 heterocycles. The molecule has 0 fully saturated rings. The van der Waals surface area contributed by atoms with E-state index in [1.807, 2.05) is 67.1 Å². The van der Waals surface area contributed by atoms with Gasteiger partial charge in [-0.1, -0.05) is 35.9 Å². The zero-order chi connectivity index (χ0) is 19.7. The summed E-state index contributed by atoms with van der Waals surface area (Å²) in [7, 11) is 1.82. The Hall–Kier alpha value is -3.60. The van der Waals surface area contributed by atoms with Crippen LogP contribution >= 0.6 is 0 Å². The van der Waals surface area contributed by atoms with Crippen LogP contribution < -0.4 is 0 Å². The van der Waals surface area contributed by atoms with Gasteiger partial charge < -0.3 is 4.57 Å². The first-order valence-electron chi connectivity index (χ1n) is 8.90. The van der Waals surface area contributed by atoms with Gasteiger partial charge in [0.25, 0.3) is 0 Å². The third kappa shape index (κ3) is 3.22. The van der Waals surface area contributed by atoms with E-state index in [2.05, 4.69) is 10.2 Å². The van der Waals surface area contributed by atoms with Gasteiger partial charge in [-0.25, -0.2) is 4.39 Å². The molecule has 138 valence electrons. The minimum Gasteiger partial charge on any atom is -0.339 e. The highest BCUT2D eigenvalue weighted by Crippen LogP contribution is 2.35. The summed E-state index contributed by atoms with van der Waals surface area (Å²) in [5, 5.41) is 9.60. The summed E-state index contributed by atoms with van der Waals surface area (Å²) in [6.07, 6.45) is 0. The Morgan fingerprint density at radius 2 is 1.57 bits per heavy atom. The number of benzene rings is 3. The minimum absolute atomic E-state index is 0.225. The van der Waals surface area contributed by atoms with Crippen molar-refractivity contribution in [2.24, 2.45) is 17.3 Å². The average Bonchev–Trinajstić information content (AvgIpc) is 3.00. The Labute approximate surface area is 162 Å². The average molecular weight is 371 g/mol. The molecule has 0 N–H and O–H groups in total. The van der Waals surface area contributed by atoms with Crippen LogP contribution in [-0.2, 0) is 7.05 Å². The lowest BCUT2D eigenvalue weighted by Gasteiger charge is -2.05. The summed E-state index contributed by atoms with van der Waals surface area (Å²) in [5.41, 5.74) is 4.05. The van der Waals surface area contributed by atoms with Crippen LogP contribution in [0, 0.1) is 12.7 Å². The van der Waals surface area contributed by atoms with Crippen LogP contribution in [0.1, 0.15) is 21.6 Å². The van der Waals surface area contributed by atoms with Crippen LogP contribution in [0.15, 0.2) is 83.0 Å². The van der Waals surface area contributed by atoms with E-state index in [9.17, 15) is 9.18 Å². The SMILES string of the molecule is Cc1ccc(/N=N/c2c(C(=O)c3ccc(F)cc3)n(C)c3ccccc23)cc1. The molecule has 5 heteroatoms. The Morgan fingerprint density at radius 3 is 2.29 bits per heavy atom. The molecule has 0 bridgehead atoms. The van der Waals surface area contributed by atoms with Crippen molar-refractivity contribution in [1.82, 2.24) is 4.57 Å². The molecule has 0 unspecified atom stereocenters. The highest BCUT2D eigenvalue weighted by atomic mass is 19.1. The summed E-state index contributed by atoms with van der Waals surface area (Å²) in [6, 6.07) is 20.9. The molecule has 0 saturated carbocycles. The standard InChI is InChI=1S/C23H18FN3O/c1-15-7-13-18(14-8-15)25-26-21-19-5-3-4-6-20(19)27(2)22(21)23(28)16-9-11-17(24)12-10-16/h3-14H,1-2H3/b26-25+. The molecule has 0 spiro atoms. The zero-order valence-corrected chi connectivity index (χ0v) is 15.6. The van der Waals surface area contributed by atoms with Gasteiger partial charge in [0, 0.05) is 18.0 Å². The maximum absolute atomic E-state index is 13.3. The Bertz CT molecular complexity index is 1190. The van der Waals surface area contributed by atoms with Crippen molar-refractivity contribution >= 4 is 28.1 Å². The number of ketones is 1. The second-order valence-electron chi connectivity index (χ2n) is 6.64. The molecule has 0 aliphatic heterocycles. The summed E-state index contributed by atoms with van der Waals surface area (Å²) in [4.78, 5) is 13.2. The Morgan fingerprint density at radius 1 is 0.893 bits per heavy atom. The van der Waals surface area contributed by atoms with E-state index in [1.165, 1.54) is 24.3 Å². The van der Waals surface area contributed by atoms with Gasteiger partial charge in [0.1, 0.15) is 17.2 Å². The molecule has 28 heavy (non-hydrogen) atoms. The number of rotatable bonds is 4. The van der Waals surface area contributed by atoms with Crippen molar-refractivity contribution in [2.45, 2.75) is 6.92 Å². The Balaban J connectivity index is 1.86. The van der Waals surface area contributed by atoms with E-state index in [0.29, 0.717) is 22.6 Å². The van der Waals surface area contributed by atoms with Crippen LogP contribution in [0.5, 0.6) is 0 Å². The second-order valence-corrected chi connectivity index (χ2v) is 6.64. The summed E-state index contributed by atoms with van der Waals surface area (Å²) in [5.74, 6) is -0.607. The summed E-state index contributed by atoms with van der Waals surface area (Å²) >= 11 is 0. The fourth-order valence-corrected chi connectivity index (χ4v) is 3.19. The fraction of sp³-hybridized carbons (Fsp3) is 0.0870. The van der Waals surface area contributed by atoms with Crippen molar-refractivity contribution in [3.05, 3.63) is 95.4 Å². The molecule has 0 aliphatic carbocycles. The van der Waals surface area contributed by atoms with Crippen molar-refractivity contribution in [3.8, 4) is 0 Å². The van der Waals surface area contributed by atoms with Gasteiger partial charge in [-0.2, -0.15) is 5.11 Å². The van der Waals surface area contributed by atoms with Crippen molar-refractivity contribution in [2.75, 3.05) is 0 Å². The smallest absolute Gasteiger partial charge is 0.211 e. The molecule has 4 nitrogen and oxygen atoms in total. The summed E-state index contributed by atoms with van der Waals surface area (Å²) in [6.45, 7) is 2.01. The van der Waals surface area contributed by atoms with Crippen LogP contribution in [-0.4, -0.2) is 10.4 Å². The normalized spacial score (nSPS) is 11.4. The maximum atomic E-state index is 13.3. The van der Waals surface area contributed by atoms with E-state index < -0.39 is 0 Å². The number of aromatic nitrogens is 1. The number of nitrogens with zero attached hydrogens (tertiary/aromatic N) is 3. The quantitative estimate of drug-likeness (QED) is 0.308. The minimum atomic E-state index is -0.382.